The molecule has 2 aromatic rings. The van der Waals surface area contributed by atoms with E-state index >= 15 is 0 Å². The zero-order valence-corrected chi connectivity index (χ0v) is 14.4. The second kappa shape index (κ2) is 8.35. The molecule has 1 atom stereocenters. The Bertz CT molecular complexity index is 550. The summed E-state index contributed by atoms with van der Waals surface area (Å²) in [5.74, 6) is 0.591. The van der Waals surface area contributed by atoms with Crippen LogP contribution in [0.2, 0.25) is 0 Å². The van der Waals surface area contributed by atoms with E-state index in [1.807, 2.05) is 10.9 Å². The number of nitrogens with one attached hydrogen (secondary N) is 1. The first-order valence-electron chi connectivity index (χ1n) is 7.67. The summed E-state index contributed by atoms with van der Waals surface area (Å²) in [6.45, 7) is 7.27. The lowest BCUT2D eigenvalue weighted by Gasteiger charge is -2.17. The van der Waals surface area contributed by atoms with Crippen LogP contribution in [-0.2, 0) is 19.4 Å². The van der Waals surface area contributed by atoms with Crippen molar-refractivity contribution >= 4 is 15.9 Å². The normalized spacial score (nSPS) is 12.5. The molecule has 0 aliphatic carbocycles. The Hall–Kier alpha value is -1.13. The maximum Gasteiger partial charge on any atom is 0.0521 e. The zero-order valence-electron chi connectivity index (χ0n) is 12.8. The van der Waals surface area contributed by atoms with Crippen LogP contribution in [0, 0.1) is 5.92 Å². The topological polar surface area (TPSA) is 29.9 Å². The first-order valence-corrected chi connectivity index (χ1v) is 8.47. The highest BCUT2D eigenvalue weighted by Crippen LogP contribution is 2.18. The molecule has 0 aliphatic rings. The van der Waals surface area contributed by atoms with Crippen molar-refractivity contribution in [3.63, 3.8) is 0 Å². The summed E-state index contributed by atoms with van der Waals surface area (Å²) in [7, 11) is 0. The predicted molar refractivity (Wildman–Crippen MR) is 91.5 cm³/mol. The third-order valence-corrected chi connectivity index (χ3v) is 4.12. The van der Waals surface area contributed by atoms with E-state index in [1.165, 1.54) is 11.1 Å². The maximum absolute atomic E-state index is 4.38. The number of nitrogens with zero attached hydrogens (tertiary/aromatic N) is 2. The third kappa shape index (κ3) is 5.29. The van der Waals surface area contributed by atoms with Crippen LogP contribution in [0.15, 0.2) is 41.1 Å². The molecule has 1 N–H and O–H groups in total. The first kappa shape index (κ1) is 16.2. The standard InChI is InChI=1S/C17H24BrN3/c1-3-19-11-15(8-14-6-5-7-17(18)10-14)9-16-12-20-21(4-2)13-16/h5-7,10,12-13,15,19H,3-4,8-9,11H2,1-2H3. The summed E-state index contributed by atoms with van der Waals surface area (Å²) in [6, 6.07) is 8.61. The SMILES string of the molecule is CCNCC(Cc1cccc(Br)c1)Cc1cnn(CC)c1. The molecular formula is C17H24BrN3. The Labute approximate surface area is 135 Å². The first-order chi connectivity index (χ1) is 10.2. The highest BCUT2D eigenvalue weighted by atomic mass is 79.9. The summed E-state index contributed by atoms with van der Waals surface area (Å²) in [5.41, 5.74) is 2.71. The van der Waals surface area contributed by atoms with Gasteiger partial charge in [0.05, 0.1) is 6.20 Å². The van der Waals surface area contributed by atoms with Gasteiger partial charge in [0.15, 0.2) is 0 Å². The molecule has 0 saturated carbocycles. The van der Waals surface area contributed by atoms with Crippen LogP contribution in [-0.4, -0.2) is 22.9 Å². The van der Waals surface area contributed by atoms with E-state index in [4.69, 9.17) is 0 Å². The van der Waals surface area contributed by atoms with Gasteiger partial charge in [-0.05, 0) is 62.0 Å². The highest BCUT2D eigenvalue weighted by molar-refractivity contribution is 9.10. The van der Waals surface area contributed by atoms with Crippen molar-refractivity contribution in [3.8, 4) is 0 Å². The van der Waals surface area contributed by atoms with E-state index in [-0.39, 0.29) is 0 Å². The molecule has 0 saturated heterocycles. The molecule has 2 rings (SSSR count). The molecule has 4 heteroatoms. The Morgan fingerprint density at radius 3 is 2.71 bits per heavy atom. The predicted octanol–water partition coefficient (Wildman–Crippen LogP) is 3.68. The number of benzene rings is 1. The Morgan fingerprint density at radius 2 is 2.05 bits per heavy atom. The molecule has 21 heavy (non-hydrogen) atoms. The maximum atomic E-state index is 4.38. The molecule has 1 aromatic carbocycles. The quantitative estimate of drug-likeness (QED) is 0.787. The Morgan fingerprint density at radius 1 is 1.24 bits per heavy atom. The largest absolute Gasteiger partial charge is 0.317 e. The van der Waals surface area contributed by atoms with Gasteiger partial charge in [-0.2, -0.15) is 5.10 Å². The van der Waals surface area contributed by atoms with Gasteiger partial charge >= 0.3 is 0 Å². The van der Waals surface area contributed by atoms with Crippen LogP contribution in [0.4, 0.5) is 0 Å². The van der Waals surface area contributed by atoms with Crippen molar-refractivity contribution in [1.29, 1.82) is 0 Å². The minimum Gasteiger partial charge on any atom is -0.317 e. The molecule has 0 amide bonds. The van der Waals surface area contributed by atoms with Gasteiger partial charge in [-0.15, -0.1) is 0 Å². The summed E-state index contributed by atoms with van der Waals surface area (Å²) in [4.78, 5) is 0. The van der Waals surface area contributed by atoms with Crippen molar-refractivity contribution in [2.24, 2.45) is 5.92 Å². The zero-order chi connectivity index (χ0) is 15.1. The van der Waals surface area contributed by atoms with Gasteiger partial charge in [-0.1, -0.05) is 35.0 Å². The molecule has 3 nitrogen and oxygen atoms in total. The molecule has 0 aliphatic heterocycles. The average molecular weight is 350 g/mol. The Balaban J connectivity index is 2.03. The van der Waals surface area contributed by atoms with Gasteiger partial charge < -0.3 is 5.32 Å². The minimum absolute atomic E-state index is 0.591. The van der Waals surface area contributed by atoms with Gasteiger partial charge in [0.2, 0.25) is 0 Å². The number of halogens is 1. The number of hydrogen-bond acceptors (Lipinski definition) is 2. The van der Waals surface area contributed by atoms with E-state index in [9.17, 15) is 0 Å². The van der Waals surface area contributed by atoms with Crippen molar-refractivity contribution in [2.45, 2.75) is 33.2 Å². The summed E-state index contributed by atoms with van der Waals surface area (Å²) in [6.07, 6.45) is 6.33. The smallest absolute Gasteiger partial charge is 0.0521 e. The fraction of sp³-hybridized carbons (Fsp3) is 0.471. The van der Waals surface area contributed by atoms with Crippen molar-refractivity contribution in [2.75, 3.05) is 13.1 Å². The van der Waals surface area contributed by atoms with Gasteiger partial charge in [0.25, 0.3) is 0 Å². The third-order valence-electron chi connectivity index (χ3n) is 3.63. The van der Waals surface area contributed by atoms with Gasteiger partial charge in [-0.25, -0.2) is 0 Å². The van der Waals surface area contributed by atoms with Crippen molar-refractivity contribution < 1.29 is 0 Å². The van der Waals surface area contributed by atoms with Gasteiger partial charge in [0, 0.05) is 17.2 Å². The molecule has 1 unspecified atom stereocenters. The molecule has 1 aromatic heterocycles. The van der Waals surface area contributed by atoms with Gasteiger partial charge in [0.1, 0.15) is 0 Å². The number of aromatic nitrogens is 2. The molecule has 1 heterocycles. The highest BCUT2D eigenvalue weighted by Gasteiger charge is 2.12. The van der Waals surface area contributed by atoms with Crippen LogP contribution in [0.5, 0.6) is 0 Å². The molecule has 0 radical (unpaired) electrons. The fourth-order valence-electron chi connectivity index (χ4n) is 2.58. The van der Waals surface area contributed by atoms with Crippen LogP contribution >= 0.6 is 15.9 Å². The van der Waals surface area contributed by atoms with E-state index in [0.29, 0.717) is 5.92 Å². The van der Waals surface area contributed by atoms with Gasteiger partial charge in [-0.3, -0.25) is 4.68 Å². The number of rotatable bonds is 8. The van der Waals surface area contributed by atoms with Crippen LogP contribution in [0.1, 0.15) is 25.0 Å². The lowest BCUT2D eigenvalue weighted by molar-refractivity contribution is 0.478. The van der Waals surface area contributed by atoms with E-state index < -0.39 is 0 Å². The molecule has 114 valence electrons. The van der Waals surface area contributed by atoms with E-state index in [1.54, 1.807) is 0 Å². The molecule has 0 fully saturated rings. The summed E-state index contributed by atoms with van der Waals surface area (Å²) in [5, 5.41) is 7.86. The summed E-state index contributed by atoms with van der Waals surface area (Å²) >= 11 is 3.56. The summed E-state index contributed by atoms with van der Waals surface area (Å²) < 4.78 is 3.15. The van der Waals surface area contributed by atoms with E-state index in [2.05, 4.69) is 70.7 Å². The average Bonchev–Trinajstić information content (AvgIpc) is 2.92. The second-order valence-electron chi connectivity index (χ2n) is 5.42. The van der Waals surface area contributed by atoms with E-state index in [0.717, 1.165) is 36.9 Å². The Kier molecular flexibility index (Phi) is 6.46. The lowest BCUT2D eigenvalue weighted by Crippen LogP contribution is -2.25. The molecule has 0 spiro atoms. The van der Waals surface area contributed by atoms with Crippen LogP contribution in [0.3, 0.4) is 0 Å². The van der Waals surface area contributed by atoms with Crippen LogP contribution in [0.25, 0.3) is 0 Å². The second-order valence-corrected chi connectivity index (χ2v) is 6.33. The fourth-order valence-corrected chi connectivity index (χ4v) is 3.03. The number of hydrogen-bond donors (Lipinski definition) is 1. The van der Waals surface area contributed by atoms with Crippen molar-refractivity contribution in [1.82, 2.24) is 15.1 Å². The molecular weight excluding hydrogens is 326 g/mol. The molecule has 0 bridgehead atoms. The lowest BCUT2D eigenvalue weighted by atomic mass is 9.93. The number of aryl methyl sites for hydroxylation is 1. The minimum atomic E-state index is 0.591. The van der Waals surface area contributed by atoms with Crippen molar-refractivity contribution in [3.05, 3.63) is 52.3 Å². The van der Waals surface area contributed by atoms with Crippen LogP contribution < -0.4 is 5.32 Å². The monoisotopic (exact) mass is 349 g/mol.